The molecule has 0 spiro atoms. The fourth-order valence-corrected chi connectivity index (χ4v) is 4.12. The van der Waals surface area contributed by atoms with Crippen LogP contribution < -0.4 is 0 Å². The molecule has 0 saturated carbocycles. The summed E-state index contributed by atoms with van der Waals surface area (Å²) >= 11 is 5.38. The van der Waals surface area contributed by atoms with Gasteiger partial charge in [-0.1, -0.05) is 30.6 Å². The maximum Gasteiger partial charge on any atom is 0.171 e. The Morgan fingerprint density at radius 1 is 1.42 bits per heavy atom. The molecule has 0 aliphatic heterocycles. The Kier molecular flexibility index (Phi) is 8.30. The number of rotatable bonds is 9. The first-order chi connectivity index (χ1) is 12.1. The summed E-state index contributed by atoms with van der Waals surface area (Å²) in [4.78, 5) is 17.5. The first kappa shape index (κ1) is 22.7. The Hall–Kier alpha value is -1.38. The molecule has 9 heteroatoms. The zero-order valence-corrected chi connectivity index (χ0v) is 16.8. The minimum atomic E-state index is -3.35. The first-order valence-electron chi connectivity index (χ1n) is 8.43. The van der Waals surface area contributed by atoms with Crippen molar-refractivity contribution in [3.8, 4) is 0 Å². The number of aliphatic hydroxyl groups is 2. The molecule has 0 fully saturated rings. The number of hydrogen-bond donors (Lipinski definition) is 2. The zero-order valence-electron chi connectivity index (χ0n) is 15.2. The number of hydrogen-bond acceptors (Lipinski definition) is 7. The highest BCUT2D eigenvalue weighted by molar-refractivity contribution is 7.91. The highest BCUT2D eigenvalue weighted by atomic mass is 35.5. The molecule has 26 heavy (non-hydrogen) atoms. The van der Waals surface area contributed by atoms with Gasteiger partial charge in [-0.05, 0) is 25.8 Å². The van der Waals surface area contributed by atoms with Crippen molar-refractivity contribution < 1.29 is 28.3 Å². The van der Waals surface area contributed by atoms with Crippen LogP contribution in [-0.4, -0.2) is 53.3 Å². The second kappa shape index (κ2) is 9.53. The number of carbonyl (C=O) groups is 1. The average Bonchev–Trinajstić information content (AvgIpc) is 2.55. The van der Waals surface area contributed by atoms with Crippen molar-refractivity contribution in [2.45, 2.75) is 57.3 Å². The summed E-state index contributed by atoms with van der Waals surface area (Å²) in [5, 5.41) is 24.1. The van der Waals surface area contributed by atoms with E-state index < -0.39 is 26.5 Å². The highest BCUT2D eigenvalue weighted by Gasteiger charge is 2.42. The summed E-state index contributed by atoms with van der Waals surface area (Å²) in [6, 6.07) is 0. The van der Waals surface area contributed by atoms with Crippen LogP contribution in [0.1, 0.15) is 46.5 Å². The number of oxime groups is 1. The van der Waals surface area contributed by atoms with Crippen LogP contribution in [0.3, 0.4) is 0 Å². The smallest absolute Gasteiger partial charge is 0.171 e. The molecule has 1 rings (SSSR count). The summed E-state index contributed by atoms with van der Waals surface area (Å²) in [6.07, 6.45) is 1.25. The Morgan fingerprint density at radius 2 is 2.08 bits per heavy atom. The van der Waals surface area contributed by atoms with Crippen LogP contribution in [-0.2, 0) is 19.5 Å². The molecule has 0 amide bonds. The molecule has 2 unspecified atom stereocenters. The van der Waals surface area contributed by atoms with E-state index in [4.69, 9.17) is 16.4 Å². The average molecular weight is 408 g/mol. The first-order valence-corrected chi connectivity index (χ1v) is 10.6. The van der Waals surface area contributed by atoms with Crippen LogP contribution >= 0.6 is 11.6 Å². The topological polar surface area (TPSA) is 113 Å². The van der Waals surface area contributed by atoms with Crippen LogP contribution in [0.25, 0.3) is 0 Å². The maximum atomic E-state index is 12.5. The van der Waals surface area contributed by atoms with Crippen molar-refractivity contribution in [3.63, 3.8) is 0 Å². The summed E-state index contributed by atoms with van der Waals surface area (Å²) in [7, 11) is -3.35. The summed E-state index contributed by atoms with van der Waals surface area (Å²) in [5.41, 5.74) is -0.0346. The SMILES string of the molecule is CC/C(=N\OC/C=C/Cl)C1=C(O)CC(O)(CC(C)S(=O)(=O)CC)CC1=O. The Bertz CT molecular complexity index is 713. The van der Waals surface area contributed by atoms with Gasteiger partial charge in [-0.2, -0.15) is 0 Å². The lowest BCUT2D eigenvalue weighted by molar-refractivity contribution is -0.122. The molecule has 0 radical (unpaired) electrons. The predicted molar refractivity (Wildman–Crippen MR) is 101 cm³/mol. The van der Waals surface area contributed by atoms with Gasteiger partial charge >= 0.3 is 0 Å². The van der Waals surface area contributed by atoms with Crippen LogP contribution in [0.4, 0.5) is 0 Å². The lowest BCUT2D eigenvalue weighted by atomic mass is 9.79. The van der Waals surface area contributed by atoms with Crippen molar-refractivity contribution in [3.05, 3.63) is 22.9 Å². The van der Waals surface area contributed by atoms with Crippen LogP contribution in [0, 0.1) is 0 Å². The minimum absolute atomic E-state index is 0.0260. The number of aliphatic hydroxyl groups excluding tert-OH is 1. The summed E-state index contributed by atoms with van der Waals surface area (Å²) < 4.78 is 23.9. The fourth-order valence-electron chi connectivity index (χ4n) is 2.91. The van der Waals surface area contributed by atoms with E-state index in [-0.39, 0.29) is 48.7 Å². The molecule has 7 nitrogen and oxygen atoms in total. The molecule has 0 aromatic carbocycles. The molecule has 1 aliphatic carbocycles. The van der Waals surface area contributed by atoms with Gasteiger partial charge in [0.1, 0.15) is 12.4 Å². The third-order valence-electron chi connectivity index (χ3n) is 4.29. The molecule has 0 bridgehead atoms. The normalized spacial score (nSPS) is 23.6. The van der Waals surface area contributed by atoms with Crippen LogP contribution in [0.2, 0.25) is 0 Å². The number of ketones is 1. The second-order valence-electron chi connectivity index (χ2n) is 6.34. The molecule has 1 aliphatic rings. The number of Topliss-reactive ketones (excluding diaryl/α,β-unsaturated/α-hetero) is 1. The number of allylic oxidation sites excluding steroid dienone is 1. The van der Waals surface area contributed by atoms with Crippen molar-refractivity contribution >= 4 is 32.9 Å². The van der Waals surface area contributed by atoms with E-state index in [2.05, 4.69) is 5.16 Å². The monoisotopic (exact) mass is 407 g/mol. The van der Waals surface area contributed by atoms with Gasteiger partial charge in [0.05, 0.1) is 22.1 Å². The van der Waals surface area contributed by atoms with Gasteiger partial charge in [0.2, 0.25) is 0 Å². The number of nitrogens with zero attached hydrogens (tertiary/aromatic N) is 1. The van der Waals surface area contributed by atoms with E-state index in [1.807, 2.05) is 0 Å². The van der Waals surface area contributed by atoms with Gasteiger partial charge < -0.3 is 15.1 Å². The third-order valence-corrected chi connectivity index (χ3v) is 6.67. The zero-order chi connectivity index (χ0) is 20.0. The Morgan fingerprint density at radius 3 is 2.58 bits per heavy atom. The quantitative estimate of drug-likeness (QED) is 0.345. The highest BCUT2D eigenvalue weighted by Crippen LogP contribution is 2.35. The van der Waals surface area contributed by atoms with E-state index in [0.29, 0.717) is 6.42 Å². The lowest BCUT2D eigenvalue weighted by Gasteiger charge is -2.34. The van der Waals surface area contributed by atoms with Gasteiger partial charge in [0.25, 0.3) is 0 Å². The number of sulfone groups is 1. The predicted octanol–water partition coefficient (Wildman–Crippen LogP) is 2.64. The van der Waals surface area contributed by atoms with Crippen molar-refractivity contribution in [2.24, 2.45) is 5.16 Å². The molecule has 148 valence electrons. The molecule has 0 aromatic rings. The van der Waals surface area contributed by atoms with Crippen LogP contribution in [0.5, 0.6) is 0 Å². The summed E-state index contributed by atoms with van der Waals surface area (Å²) in [6.45, 7) is 4.89. The molecular formula is C17H26ClNO6S. The van der Waals surface area contributed by atoms with Crippen molar-refractivity contribution in [2.75, 3.05) is 12.4 Å². The van der Waals surface area contributed by atoms with E-state index >= 15 is 0 Å². The van der Waals surface area contributed by atoms with E-state index in [1.54, 1.807) is 6.92 Å². The van der Waals surface area contributed by atoms with Crippen LogP contribution in [0.15, 0.2) is 28.1 Å². The van der Waals surface area contributed by atoms with Gasteiger partial charge in [-0.15, -0.1) is 0 Å². The molecular weight excluding hydrogens is 382 g/mol. The standard InChI is InChI=1S/C17H26ClNO6S/c1-4-13(19-25-8-6-7-18)16-14(20)10-17(22,11-15(16)21)9-12(3)26(23,24)5-2/h6-7,12,20,22H,4-5,8-11H2,1-3H3/b7-6+,19-13+. The molecule has 0 saturated heterocycles. The molecule has 0 heterocycles. The third kappa shape index (κ3) is 5.82. The fraction of sp³-hybridized carbons (Fsp3) is 0.647. The molecule has 2 atom stereocenters. The van der Waals surface area contributed by atoms with Crippen molar-refractivity contribution in [1.82, 2.24) is 0 Å². The lowest BCUT2D eigenvalue weighted by Crippen LogP contribution is -2.42. The molecule has 2 N–H and O–H groups in total. The van der Waals surface area contributed by atoms with Gasteiger partial charge in [0, 0.05) is 24.1 Å². The van der Waals surface area contributed by atoms with Crippen molar-refractivity contribution in [1.29, 1.82) is 0 Å². The summed E-state index contributed by atoms with van der Waals surface area (Å²) in [5.74, 6) is -0.845. The van der Waals surface area contributed by atoms with Gasteiger partial charge in [0.15, 0.2) is 15.6 Å². The number of halogens is 1. The molecule has 0 aromatic heterocycles. The largest absolute Gasteiger partial charge is 0.511 e. The van der Waals surface area contributed by atoms with E-state index in [9.17, 15) is 23.4 Å². The Balaban J connectivity index is 3.03. The van der Waals surface area contributed by atoms with E-state index in [1.165, 1.54) is 25.5 Å². The minimum Gasteiger partial charge on any atom is -0.511 e. The Labute approximate surface area is 159 Å². The number of carbonyl (C=O) groups excluding carboxylic acids is 1. The second-order valence-corrected chi connectivity index (χ2v) is 9.30. The van der Waals surface area contributed by atoms with Gasteiger partial charge in [-0.25, -0.2) is 8.42 Å². The maximum absolute atomic E-state index is 12.5. The van der Waals surface area contributed by atoms with Gasteiger partial charge in [-0.3, -0.25) is 4.79 Å². The van der Waals surface area contributed by atoms with E-state index in [0.717, 1.165) is 0 Å².